The third-order valence-corrected chi connectivity index (χ3v) is 5.27. The molecule has 2 aliphatic heterocycles. The Labute approximate surface area is 144 Å². The zero-order valence-corrected chi connectivity index (χ0v) is 13.7. The fourth-order valence-electron chi connectivity index (χ4n) is 3.73. The van der Waals surface area contributed by atoms with Crippen LogP contribution in [0.3, 0.4) is 0 Å². The van der Waals surface area contributed by atoms with Crippen LogP contribution in [0.2, 0.25) is 0 Å². The molecule has 3 aliphatic rings. The highest BCUT2D eigenvalue weighted by Crippen LogP contribution is 2.40. The minimum Gasteiger partial charge on any atom is -0.548 e. The van der Waals surface area contributed by atoms with Crippen molar-refractivity contribution in [1.82, 2.24) is 9.80 Å². The standard InChI is InChI=1S/C17H20N2O6/c20-14(11-3-4-11)18-7-5-17(6-8-18)19(12(10-25-17)16(22)23)15(21)13-2-1-9-24-13/h1-2,9,11-12H,3-8,10H2,(H,22,23)/p-1/t12-/m0/s1. The van der Waals surface area contributed by atoms with E-state index in [4.69, 9.17) is 9.15 Å². The molecule has 134 valence electrons. The summed E-state index contributed by atoms with van der Waals surface area (Å²) < 4.78 is 10.9. The van der Waals surface area contributed by atoms with Gasteiger partial charge >= 0.3 is 0 Å². The number of nitrogens with zero attached hydrogens (tertiary/aromatic N) is 2. The van der Waals surface area contributed by atoms with Gasteiger partial charge in [-0.2, -0.15) is 0 Å². The van der Waals surface area contributed by atoms with Gasteiger partial charge in [0.2, 0.25) is 5.91 Å². The van der Waals surface area contributed by atoms with Crippen LogP contribution in [0.1, 0.15) is 36.2 Å². The number of hydrogen-bond acceptors (Lipinski definition) is 6. The molecule has 4 rings (SSSR count). The molecule has 2 amide bonds. The molecule has 0 aromatic carbocycles. The number of hydrogen-bond donors (Lipinski definition) is 0. The van der Waals surface area contributed by atoms with Crippen molar-refractivity contribution in [1.29, 1.82) is 0 Å². The summed E-state index contributed by atoms with van der Waals surface area (Å²) in [5.74, 6) is -1.54. The van der Waals surface area contributed by atoms with E-state index in [1.54, 1.807) is 11.0 Å². The molecule has 2 saturated heterocycles. The number of piperidine rings is 1. The Balaban J connectivity index is 1.56. The molecule has 3 heterocycles. The average molecular weight is 347 g/mol. The summed E-state index contributed by atoms with van der Waals surface area (Å²) in [6.45, 7) is 0.763. The van der Waals surface area contributed by atoms with Gasteiger partial charge in [-0.25, -0.2) is 0 Å². The van der Waals surface area contributed by atoms with E-state index in [1.165, 1.54) is 17.2 Å². The summed E-state index contributed by atoms with van der Waals surface area (Å²) in [4.78, 5) is 39.6. The van der Waals surface area contributed by atoms with Crippen LogP contribution in [0.5, 0.6) is 0 Å². The van der Waals surface area contributed by atoms with Gasteiger partial charge in [-0.05, 0) is 25.0 Å². The Morgan fingerprint density at radius 3 is 2.48 bits per heavy atom. The molecule has 1 spiro atoms. The number of furan rings is 1. The lowest BCUT2D eigenvalue weighted by Crippen LogP contribution is -2.60. The zero-order valence-electron chi connectivity index (χ0n) is 13.7. The van der Waals surface area contributed by atoms with Gasteiger partial charge in [-0.3, -0.25) is 14.5 Å². The number of carbonyl (C=O) groups is 3. The molecule has 0 unspecified atom stereocenters. The maximum atomic E-state index is 12.8. The van der Waals surface area contributed by atoms with Crippen LogP contribution < -0.4 is 5.11 Å². The van der Waals surface area contributed by atoms with Gasteiger partial charge in [0.25, 0.3) is 5.91 Å². The lowest BCUT2D eigenvalue weighted by Gasteiger charge is -2.44. The second-order valence-electron chi connectivity index (χ2n) is 6.84. The highest BCUT2D eigenvalue weighted by Gasteiger charge is 2.53. The van der Waals surface area contributed by atoms with Crippen molar-refractivity contribution >= 4 is 17.8 Å². The predicted octanol–water partition coefficient (Wildman–Crippen LogP) is -0.401. The van der Waals surface area contributed by atoms with Gasteiger partial charge in [0.15, 0.2) is 5.76 Å². The van der Waals surface area contributed by atoms with Crippen molar-refractivity contribution in [2.45, 2.75) is 37.5 Å². The molecule has 8 heteroatoms. The van der Waals surface area contributed by atoms with E-state index in [-0.39, 0.29) is 24.2 Å². The van der Waals surface area contributed by atoms with Crippen molar-refractivity contribution < 1.29 is 28.6 Å². The van der Waals surface area contributed by atoms with Gasteiger partial charge in [0, 0.05) is 31.8 Å². The van der Waals surface area contributed by atoms with Crippen molar-refractivity contribution in [2.24, 2.45) is 5.92 Å². The molecular formula is C17H19N2O6-. The third-order valence-electron chi connectivity index (χ3n) is 5.27. The highest BCUT2D eigenvalue weighted by atomic mass is 16.5. The number of likely N-dealkylation sites (tertiary alicyclic amines) is 1. The van der Waals surface area contributed by atoms with Gasteiger partial charge in [-0.1, -0.05) is 0 Å². The van der Waals surface area contributed by atoms with Crippen molar-refractivity contribution in [3.63, 3.8) is 0 Å². The first-order chi connectivity index (χ1) is 12.0. The van der Waals surface area contributed by atoms with Crippen LogP contribution in [-0.4, -0.2) is 59.0 Å². The molecule has 25 heavy (non-hydrogen) atoms. The number of amides is 2. The van der Waals surface area contributed by atoms with E-state index < -0.39 is 23.6 Å². The molecule has 0 radical (unpaired) electrons. The third kappa shape index (κ3) is 2.70. The van der Waals surface area contributed by atoms with Crippen molar-refractivity contribution in [3.8, 4) is 0 Å². The number of rotatable bonds is 3. The molecule has 1 aromatic heterocycles. The van der Waals surface area contributed by atoms with E-state index in [9.17, 15) is 19.5 Å². The van der Waals surface area contributed by atoms with Gasteiger partial charge in [0.05, 0.1) is 24.9 Å². The molecule has 0 bridgehead atoms. The molecule has 8 nitrogen and oxygen atoms in total. The van der Waals surface area contributed by atoms with Crippen molar-refractivity contribution in [2.75, 3.05) is 19.7 Å². The predicted molar refractivity (Wildman–Crippen MR) is 80.9 cm³/mol. The fourth-order valence-corrected chi connectivity index (χ4v) is 3.73. The number of aliphatic carboxylic acids is 1. The largest absolute Gasteiger partial charge is 0.548 e. The molecule has 1 atom stereocenters. The Morgan fingerprint density at radius 2 is 1.92 bits per heavy atom. The van der Waals surface area contributed by atoms with E-state index >= 15 is 0 Å². The second kappa shape index (κ2) is 5.87. The smallest absolute Gasteiger partial charge is 0.292 e. The number of carbonyl (C=O) groups excluding carboxylic acids is 3. The molecule has 1 aromatic rings. The van der Waals surface area contributed by atoms with E-state index in [2.05, 4.69) is 0 Å². The first kappa shape index (κ1) is 16.1. The van der Waals surface area contributed by atoms with Crippen LogP contribution in [0.15, 0.2) is 22.8 Å². The molecule has 1 aliphatic carbocycles. The SMILES string of the molecule is O=C([O-])[C@@H]1COC2(CCN(C(=O)C3CC3)CC2)N1C(=O)c1ccco1. The average Bonchev–Trinajstić information content (AvgIpc) is 3.18. The quantitative estimate of drug-likeness (QED) is 0.737. The minimum absolute atomic E-state index is 0.0626. The van der Waals surface area contributed by atoms with Crippen molar-refractivity contribution in [3.05, 3.63) is 24.2 Å². The van der Waals surface area contributed by atoms with Gasteiger partial charge < -0.3 is 24.0 Å². The second-order valence-corrected chi connectivity index (χ2v) is 6.84. The lowest BCUT2D eigenvalue weighted by molar-refractivity contribution is -0.310. The first-order valence-electron chi connectivity index (χ1n) is 8.53. The first-order valence-corrected chi connectivity index (χ1v) is 8.53. The van der Waals surface area contributed by atoms with E-state index in [0.29, 0.717) is 25.9 Å². The summed E-state index contributed by atoms with van der Waals surface area (Å²) in [7, 11) is 0. The maximum Gasteiger partial charge on any atom is 0.292 e. The van der Waals surface area contributed by atoms with E-state index in [0.717, 1.165) is 12.8 Å². The minimum atomic E-state index is -1.35. The highest BCUT2D eigenvalue weighted by molar-refractivity contribution is 5.95. The van der Waals surface area contributed by atoms with Gasteiger partial charge in [-0.15, -0.1) is 0 Å². The fraction of sp³-hybridized carbons (Fsp3) is 0.588. The zero-order chi connectivity index (χ0) is 17.6. The summed E-state index contributed by atoms with van der Waals surface area (Å²) in [6.07, 6.45) is 3.99. The van der Waals surface area contributed by atoms with Crippen LogP contribution in [-0.2, 0) is 14.3 Å². The molecule has 1 saturated carbocycles. The maximum absolute atomic E-state index is 12.8. The van der Waals surface area contributed by atoms with Crippen LogP contribution in [0.25, 0.3) is 0 Å². The Hall–Kier alpha value is -2.35. The van der Waals surface area contributed by atoms with Crippen LogP contribution in [0, 0.1) is 5.92 Å². The monoisotopic (exact) mass is 347 g/mol. The molecular weight excluding hydrogens is 328 g/mol. The Morgan fingerprint density at radius 1 is 1.20 bits per heavy atom. The van der Waals surface area contributed by atoms with E-state index in [1.807, 2.05) is 0 Å². The van der Waals surface area contributed by atoms with Gasteiger partial charge in [0.1, 0.15) is 5.72 Å². The lowest BCUT2D eigenvalue weighted by atomic mass is 9.97. The van der Waals surface area contributed by atoms with Crippen LogP contribution >= 0.6 is 0 Å². The molecule has 3 fully saturated rings. The number of carboxylic acids is 1. The molecule has 0 N–H and O–H groups in total. The normalized spacial score (nSPS) is 25.4. The Kier molecular flexibility index (Phi) is 3.79. The van der Waals surface area contributed by atoms with Crippen LogP contribution in [0.4, 0.5) is 0 Å². The Bertz CT molecular complexity index is 688. The summed E-state index contributed by atoms with van der Waals surface area (Å²) in [5.41, 5.74) is -1.03. The topological polar surface area (TPSA) is 103 Å². The summed E-state index contributed by atoms with van der Waals surface area (Å²) in [5, 5.41) is 11.5. The summed E-state index contributed by atoms with van der Waals surface area (Å²) >= 11 is 0. The number of ether oxygens (including phenoxy) is 1. The number of carboxylic acid groups (broad SMARTS) is 1. The summed E-state index contributed by atoms with van der Waals surface area (Å²) in [6, 6.07) is 1.90.